The van der Waals surface area contributed by atoms with Gasteiger partial charge in [-0.15, -0.1) is 0 Å². The predicted octanol–water partition coefficient (Wildman–Crippen LogP) is 0.935. The Balaban J connectivity index is 1.82. The lowest BCUT2D eigenvalue weighted by Crippen LogP contribution is -2.46. The van der Waals surface area contributed by atoms with E-state index >= 15 is 0 Å². The number of methoxy groups -OCH3 is 1. The molecule has 5 nitrogen and oxygen atoms in total. The monoisotopic (exact) mass is 389 g/mol. The van der Waals surface area contributed by atoms with E-state index in [0.29, 0.717) is 12.1 Å². The van der Waals surface area contributed by atoms with Gasteiger partial charge in [0.05, 0.1) is 12.7 Å². The number of nitrogens with zero attached hydrogens (tertiary/aromatic N) is 1. The molecule has 1 aliphatic rings. The largest absolute Gasteiger partial charge is 0.497 e. The number of piperazine rings is 1. The first kappa shape index (κ1) is 15.5. The number of hydrogen-bond donors (Lipinski definition) is 2. The van der Waals surface area contributed by atoms with E-state index in [1.165, 1.54) is 0 Å². The van der Waals surface area contributed by atoms with Gasteiger partial charge in [-0.05, 0) is 40.8 Å². The molecule has 2 N–H and O–H groups in total. The molecule has 0 atom stereocenters. The third-order valence-corrected chi connectivity index (χ3v) is 4.24. The summed E-state index contributed by atoms with van der Waals surface area (Å²) < 4.78 is 6.05. The summed E-state index contributed by atoms with van der Waals surface area (Å²) in [6, 6.07) is 5.49. The van der Waals surface area contributed by atoms with E-state index < -0.39 is 0 Å². The summed E-state index contributed by atoms with van der Waals surface area (Å²) >= 11 is 2.16. The molecular weight excluding hydrogens is 369 g/mol. The summed E-state index contributed by atoms with van der Waals surface area (Å²) in [7, 11) is 1.62. The molecule has 0 spiro atoms. The molecule has 1 aromatic carbocycles. The van der Waals surface area contributed by atoms with Crippen molar-refractivity contribution in [2.45, 2.75) is 0 Å². The zero-order chi connectivity index (χ0) is 14.4. The fraction of sp³-hybridized carbons (Fsp3) is 0.500. The maximum atomic E-state index is 12.1. The van der Waals surface area contributed by atoms with Crippen molar-refractivity contribution < 1.29 is 9.53 Å². The van der Waals surface area contributed by atoms with Crippen LogP contribution in [0.3, 0.4) is 0 Å². The van der Waals surface area contributed by atoms with Gasteiger partial charge in [-0.3, -0.25) is 9.69 Å². The number of nitrogens with one attached hydrogen (secondary N) is 2. The lowest BCUT2D eigenvalue weighted by atomic mass is 10.2. The number of carbonyl (C=O) groups is 1. The molecule has 0 radical (unpaired) electrons. The van der Waals surface area contributed by atoms with Gasteiger partial charge in [0.2, 0.25) is 0 Å². The Labute approximate surface area is 133 Å². The van der Waals surface area contributed by atoms with E-state index in [1.54, 1.807) is 13.2 Å². The maximum absolute atomic E-state index is 12.1. The molecule has 1 amide bonds. The highest BCUT2D eigenvalue weighted by atomic mass is 127. The molecule has 0 aliphatic carbocycles. The fourth-order valence-corrected chi connectivity index (χ4v) is 2.90. The van der Waals surface area contributed by atoms with Gasteiger partial charge in [-0.2, -0.15) is 0 Å². The van der Waals surface area contributed by atoms with Crippen molar-refractivity contribution >= 4 is 28.5 Å². The second-order valence-electron chi connectivity index (χ2n) is 4.69. The summed E-state index contributed by atoms with van der Waals surface area (Å²) in [5, 5.41) is 6.29. The molecule has 20 heavy (non-hydrogen) atoms. The standard InChI is InChI=1S/C14H20IN3O2/c1-20-11-2-3-12(13(15)10-11)14(19)17-6-9-18-7-4-16-5-8-18/h2-3,10,16H,4-9H2,1H3,(H,17,19). The van der Waals surface area contributed by atoms with Gasteiger partial charge in [0, 0.05) is 42.8 Å². The molecule has 0 saturated carbocycles. The van der Waals surface area contributed by atoms with Crippen molar-refractivity contribution in [3.8, 4) is 5.75 Å². The average Bonchev–Trinajstić information content (AvgIpc) is 2.48. The summed E-state index contributed by atoms with van der Waals surface area (Å²) in [4.78, 5) is 14.5. The Morgan fingerprint density at radius 2 is 2.20 bits per heavy atom. The predicted molar refractivity (Wildman–Crippen MR) is 87.4 cm³/mol. The van der Waals surface area contributed by atoms with Crippen LogP contribution in [0.5, 0.6) is 5.75 Å². The molecule has 0 unspecified atom stereocenters. The summed E-state index contributed by atoms with van der Waals surface area (Å²) in [5.41, 5.74) is 0.701. The van der Waals surface area contributed by atoms with Crippen molar-refractivity contribution in [3.05, 3.63) is 27.3 Å². The zero-order valence-electron chi connectivity index (χ0n) is 11.6. The van der Waals surface area contributed by atoms with Crippen molar-refractivity contribution in [3.63, 3.8) is 0 Å². The van der Waals surface area contributed by atoms with Gasteiger partial charge in [0.1, 0.15) is 5.75 Å². The molecule has 0 aromatic heterocycles. The van der Waals surface area contributed by atoms with Crippen LogP contribution in [-0.2, 0) is 0 Å². The third-order valence-electron chi connectivity index (χ3n) is 3.34. The maximum Gasteiger partial charge on any atom is 0.252 e. The topological polar surface area (TPSA) is 53.6 Å². The van der Waals surface area contributed by atoms with Crippen molar-refractivity contribution in [2.75, 3.05) is 46.4 Å². The van der Waals surface area contributed by atoms with E-state index in [-0.39, 0.29) is 5.91 Å². The molecule has 1 aliphatic heterocycles. The highest BCUT2D eigenvalue weighted by Crippen LogP contribution is 2.19. The Bertz CT molecular complexity index is 462. The molecule has 0 bridgehead atoms. The summed E-state index contributed by atoms with van der Waals surface area (Å²) in [5.74, 6) is 0.749. The van der Waals surface area contributed by atoms with E-state index in [1.807, 2.05) is 12.1 Å². The minimum atomic E-state index is -0.0211. The number of carbonyl (C=O) groups excluding carboxylic acids is 1. The van der Waals surface area contributed by atoms with Crippen LogP contribution in [0.2, 0.25) is 0 Å². The van der Waals surface area contributed by atoms with E-state index in [4.69, 9.17) is 4.74 Å². The van der Waals surface area contributed by atoms with Crippen LogP contribution in [0.4, 0.5) is 0 Å². The lowest BCUT2D eigenvalue weighted by molar-refractivity contribution is 0.0946. The Morgan fingerprint density at radius 3 is 2.85 bits per heavy atom. The number of halogens is 1. The van der Waals surface area contributed by atoms with Gasteiger partial charge in [0.25, 0.3) is 5.91 Å². The van der Waals surface area contributed by atoms with Crippen molar-refractivity contribution in [1.82, 2.24) is 15.5 Å². The first-order valence-corrected chi connectivity index (χ1v) is 7.83. The quantitative estimate of drug-likeness (QED) is 0.737. The second-order valence-corrected chi connectivity index (χ2v) is 5.86. The SMILES string of the molecule is COc1ccc(C(=O)NCCN2CCNCC2)c(I)c1. The minimum absolute atomic E-state index is 0.0211. The Kier molecular flexibility index (Phi) is 6.06. The van der Waals surface area contributed by atoms with Crippen LogP contribution < -0.4 is 15.4 Å². The molecular formula is C14H20IN3O2. The Morgan fingerprint density at radius 1 is 1.45 bits per heavy atom. The van der Waals surface area contributed by atoms with Crippen molar-refractivity contribution in [2.24, 2.45) is 0 Å². The lowest BCUT2D eigenvalue weighted by Gasteiger charge is -2.27. The molecule has 1 aromatic rings. The first-order valence-electron chi connectivity index (χ1n) is 6.75. The number of rotatable bonds is 5. The van der Waals surface area contributed by atoms with Gasteiger partial charge in [0.15, 0.2) is 0 Å². The van der Waals surface area contributed by atoms with Gasteiger partial charge in [-0.25, -0.2) is 0 Å². The van der Waals surface area contributed by atoms with Crippen LogP contribution in [0.15, 0.2) is 18.2 Å². The van der Waals surface area contributed by atoms with Crippen LogP contribution in [0, 0.1) is 3.57 Å². The number of ether oxygens (including phenoxy) is 1. The van der Waals surface area contributed by atoms with Crippen LogP contribution >= 0.6 is 22.6 Å². The molecule has 110 valence electrons. The molecule has 1 fully saturated rings. The van der Waals surface area contributed by atoms with Crippen LogP contribution in [-0.4, -0.2) is 57.2 Å². The third kappa shape index (κ3) is 4.32. The van der Waals surface area contributed by atoms with Crippen LogP contribution in [0.1, 0.15) is 10.4 Å². The number of benzene rings is 1. The van der Waals surface area contributed by atoms with Crippen molar-refractivity contribution in [1.29, 1.82) is 0 Å². The highest BCUT2D eigenvalue weighted by Gasteiger charge is 2.12. The zero-order valence-corrected chi connectivity index (χ0v) is 13.8. The summed E-state index contributed by atoms with van der Waals surface area (Å²) in [6.45, 7) is 5.75. The Hall–Kier alpha value is -0.860. The number of amides is 1. The smallest absolute Gasteiger partial charge is 0.252 e. The van der Waals surface area contributed by atoms with Gasteiger partial charge < -0.3 is 15.4 Å². The first-order chi connectivity index (χ1) is 9.70. The van der Waals surface area contributed by atoms with Gasteiger partial charge in [-0.1, -0.05) is 0 Å². The van der Waals surface area contributed by atoms with E-state index in [0.717, 1.165) is 42.0 Å². The second kappa shape index (κ2) is 7.80. The van der Waals surface area contributed by atoms with E-state index in [9.17, 15) is 4.79 Å². The molecule has 2 rings (SSSR count). The molecule has 1 saturated heterocycles. The normalized spacial score (nSPS) is 15.9. The average molecular weight is 389 g/mol. The fourth-order valence-electron chi connectivity index (χ4n) is 2.16. The summed E-state index contributed by atoms with van der Waals surface area (Å²) in [6.07, 6.45) is 0. The number of hydrogen-bond acceptors (Lipinski definition) is 4. The van der Waals surface area contributed by atoms with Gasteiger partial charge >= 0.3 is 0 Å². The minimum Gasteiger partial charge on any atom is -0.497 e. The highest BCUT2D eigenvalue weighted by molar-refractivity contribution is 14.1. The molecule has 6 heteroatoms. The van der Waals surface area contributed by atoms with Crippen LogP contribution in [0.25, 0.3) is 0 Å². The molecule has 1 heterocycles. The van der Waals surface area contributed by atoms with E-state index in [2.05, 4.69) is 38.1 Å².